The fourth-order valence-electron chi connectivity index (χ4n) is 5.56. The Morgan fingerprint density at radius 2 is 1.86 bits per heavy atom. The Morgan fingerprint density at radius 1 is 1.11 bits per heavy atom. The van der Waals surface area contributed by atoms with Crippen LogP contribution >= 0.6 is 0 Å². The summed E-state index contributed by atoms with van der Waals surface area (Å²) in [6.45, 7) is 9.71. The molecule has 3 heterocycles. The molecular weight excluding hydrogens is 436 g/mol. The van der Waals surface area contributed by atoms with Crippen molar-refractivity contribution in [3.63, 3.8) is 0 Å². The largest absolute Gasteiger partial charge is 0.393 e. The van der Waals surface area contributed by atoms with Gasteiger partial charge in [-0.05, 0) is 50.2 Å². The van der Waals surface area contributed by atoms with Crippen LogP contribution in [0.25, 0.3) is 22.2 Å². The molecule has 2 fully saturated rings. The van der Waals surface area contributed by atoms with Gasteiger partial charge in [0.25, 0.3) is 0 Å². The first kappa shape index (κ1) is 24.2. The number of hydrogen-bond donors (Lipinski definition) is 3. The smallest absolute Gasteiger partial charge is 0.224 e. The van der Waals surface area contributed by atoms with Crippen molar-refractivity contribution < 1.29 is 5.11 Å². The van der Waals surface area contributed by atoms with Crippen molar-refractivity contribution in [3.05, 3.63) is 42.2 Å². The van der Waals surface area contributed by atoms with Gasteiger partial charge in [-0.25, -0.2) is 4.98 Å². The van der Waals surface area contributed by atoms with Crippen molar-refractivity contribution in [1.82, 2.24) is 24.8 Å². The van der Waals surface area contributed by atoms with Crippen LogP contribution in [-0.4, -0.2) is 63.4 Å². The second kappa shape index (κ2) is 11.1. The fourth-order valence-corrected chi connectivity index (χ4v) is 5.56. The number of aliphatic hydroxyl groups is 1. The standard InChI is InChI=1S/C28H40N6O/c1-3-4-13-30-28-31-18-25-26(19-34(27(25)32-28)23-9-11-24(35)12-10-23)22-7-5-21(6-8-22)20(2)33-16-14-29-15-17-33/h5-8,18-20,23-24,29,35H,3-4,9-17H2,1-2H3,(H,30,31,32)/t20-,23?,24?/m0/s1. The van der Waals surface area contributed by atoms with E-state index in [4.69, 9.17) is 4.98 Å². The van der Waals surface area contributed by atoms with E-state index in [0.29, 0.717) is 18.0 Å². The third-order valence-corrected chi connectivity index (χ3v) is 7.85. The van der Waals surface area contributed by atoms with Crippen LogP contribution in [0.2, 0.25) is 0 Å². The second-order valence-corrected chi connectivity index (χ2v) is 10.2. The fraction of sp³-hybridized carbons (Fsp3) is 0.571. The molecule has 1 aliphatic carbocycles. The van der Waals surface area contributed by atoms with Gasteiger partial charge in [-0.15, -0.1) is 0 Å². The van der Waals surface area contributed by atoms with E-state index in [1.165, 1.54) is 16.7 Å². The zero-order chi connectivity index (χ0) is 24.2. The molecule has 2 aliphatic rings. The summed E-state index contributed by atoms with van der Waals surface area (Å²) in [6.07, 6.45) is 10.00. The minimum atomic E-state index is -0.168. The minimum Gasteiger partial charge on any atom is -0.393 e. The Kier molecular flexibility index (Phi) is 7.66. The third-order valence-electron chi connectivity index (χ3n) is 7.85. The quantitative estimate of drug-likeness (QED) is 0.407. The predicted octanol–water partition coefficient (Wildman–Crippen LogP) is 4.75. The Hall–Kier alpha value is -2.48. The molecule has 1 aliphatic heterocycles. The van der Waals surface area contributed by atoms with Gasteiger partial charge in [0.15, 0.2) is 0 Å². The first-order valence-electron chi connectivity index (χ1n) is 13.5. The van der Waals surface area contributed by atoms with E-state index in [-0.39, 0.29) is 6.10 Å². The normalized spacial score (nSPS) is 22.4. The van der Waals surface area contributed by atoms with E-state index in [1.54, 1.807) is 0 Å². The first-order chi connectivity index (χ1) is 17.1. The Bertz CT molecular complexity index is 1100. The molecule has 3 N–H and O–H groups in total. The van der Waals surface area contributed by atoms with Gasteiger partial charge in [0.2, 0.25) is 5.95 Å². The van der Waals surface area contributed by atoms with Gasteiger partial charge in [-0.1, -0.05) is 37.6 Å². The molecule has 0 bridgehead atoms. The van der Waals surface area contributed by atoms with Crippen LogP contribution in [-0.2, 0) is 0 Å². The summed E-state index contributed by atoms with van der Waals surface area (Å²) >= 11 is 0. The van der Waals surface area contributed by atoms with Crippen molar-refractivity contribution in [2.24, 2.45) is 0 Å². The lowest BCUT2D eigenvalue weighted by atomic mass is 9.93. The van der Waals surface area contributed by atoms with Gasteiger partial charge in [0, 0.05) is 68.2 Å². The van der Waals surface area contributed by atoms with E-state index >= 15 is 0 Å². The lowest BCUT2D eigenvalue weighted by Crippen LogP contribution is -2.44. The lowest BCUT2D eigenvalue weighted by Gasteiger charge is -2.33. The molecular formula is C28H40N6O. The van der Waals surface area contributed by atoms with Crippen LogP contribution in [0, 0.1) is 0 Å². The average molecular weight is 477 g/mol. The van der Waals surface area contributed by atoms with Crippen LogP contribution in [0.4, 0.5) is 5.95 Å². The summed E-state index contributed by atoms with van der Waals surface area (Å²) < 4.78 is 2.35. The number of hydrogen-bond acceptors (Lipinski definition) is 6. The number of anilines is 1. The van der Waals surface area contributed by atoms with E-state index in [9.17, 15) is 5.11 Å². The maximum absolute atomic E-state index is 10.0. The van der Waals surface area contributed by atoms with E-state index in [1.807, 2.05) is 6.20 Å². The number of piperazine rings is 1. The lowest BCUT2D eigenvalue weighted by molar-refractivity contribution is 0.111. The van der Waals surface area contributed by atoms with Crippen molar-refractivity contribution in [1.29, 1.82) is 0 Å². The number of fused-ring (bicyclic) bond motifs is 1. The van der Waals surface area contributed by atoms with Crippen LogP contribution in [0.1, 0.15) is 70.0 Å². The summed E-state index contributed by atoms with van der Waals surface area (Å²) in [7, 11) is 0. The molecule has 0 unspecified atom stereocenters. The Morgan fingerprint density at radius 3 is 2.57 bits per heavy atom. The van der Waals surface area contributed by atoms with E-state index in [2.05, 4.69) is 69.4 Å². The van der Waals surface area contributed by atoms with Crippen LogP contribution in [0.15, 0.2) is 36.7 Å². The Balaban J connectivity index is 1.45. The van der Waals surface area contributed by atoms with Gasteiger partial charge in [-0.3, -0.25) is 4.90 Å². The summed E-state index contributed by atoms with van der Waals surface area (Å²) in [4.78, 5) is 12.2. The monoisotopic (exact) mass is 476 g/mol. The van der Waals surface area contributed by atoms with Crippen LogP contribution in [0.5, 0.6) is 0 Å². The predicted molar refractivity (Wildman–Crippen MR) is 143 cm³/mol. The summed E-state index contributed by atoms with van der Waals surface area (Å²) in [5, 5.41) is 18.0. The van der Waals surface area contributed by atoms with E-state index in [0.717, 1.165) is 82.3 Å². The summed E-state index contributed by atoms with van der Waals surface area (Å²) in [6, 6.07) is 9.85. The van der Waals surface area contributed by atoms with Crippen LogP contribution < -0.4 is 10.6 Å². The zero-order valence-corrected chi connectivity index (χ0v) is 21.2. The number of aliphatic hydroxyl groups excluding tert-OH is 1. The van der Waals surface area contributed by atoms with Crippen molar-refractivity contribution in [3.8, 4) is 11.1 Å². The number of nitrogens with one attached hydrogen (secondary N) is 2. The molecule has 0 amide bonds. The number of nitrogens with zero attached hydrogens (tertiary/aromatic N) is 4. The SMILES string of the molecule is CCCCNc1ncc2c(-c3ccc([C@H](C)N4CCNCC4)cc3)cn(C3CCC(O)CC3)c2n1. The highest BCUT2D eigenvalue weighted by Crippen LogP contribution is 2.37. The molecule has 3 aromatic rings. The van der Waals surface area contributed by atoms with Crippen molar-refractivity contribution >= 4 is 17.0 Å². The highest BCUT2D eigenvalue weighted by atomic mass is 16.3. The Labute approximate surface area is 209 Å². The van der Waals surface area contributed by atoms with Crippen molar-refractivity contribution in [2.75, 3.05) is 38.0 Å². The number of rotatable bonds is 8. The topological polar surface area (TPSA) is 78.2 Å². The second-order valence-electron chi connectivity index (χ2n) is 10.2. The average Bonchev–Trinajstić information content (AvgIpc) is 3.28. The maximum atomic E-state index is 10.0. The van der Waals surface area contributed by atoms with Gasteiger partial charge in [0.1, 0.15) is 5.65 Å². The molecule has 35 heavy (non-hydrogen) atoms. The molecule has 1 saturated carbocycles. The van der Waals surface area contributed by atoms with Gasteiger partial charge >= 0.3 is 0 Å². The number of unbranched alkanes of at least 4 members (excludes halogenated alkanes) is 1. The first-order valence-corrected chi connectivity index (χ1v) is 13.5. The molecule has 7 nitrogen and oxygen atoms in total. The van der Waals surface area contributed by atoms with Crippen LogP contribution in [0.3, 0.4) is 0 Å². The molecule has 0 spiro atoms. The molecule has 2 aromatic heterocycles. The number of aromatic nitrogens is 3. The highest BCUT2D eigenvalue weighted by molar-refractivity contribution is 5.94. The van der Waals surface area contributed by atoms with Gasteiger partial charge in [0.05, 0.1) is 6.10 Å². The summed E-state index contributed by atoms with van der Waals surface area (Å²) in [5.41, 5.74) is 4.75. The third kappa shape index (κ3) is 5.37. The zero-order valence-electron chi connectivity index (χ0n) is 21.2. The molecule has 1 aromatic carbocycles. The molecule has 1 saturated heterocycles. The van der Waals surface area contributed by atoms with E-state index < -0.39 is 0 Å². The number of benzene rings is 1. The van der Waals surface area contributed by atoms with Gasteiger partial charge < -0.3 is 20.3 Å². The molecule has 5 rings (SSSR count). The summed E-state index contributed by atoms with van der Waals surface area (Å²) in [5.74, 6) is 0.702. The van der Waals surface area contributed by atoms with Gasteiger partial charge in [-0.2, -0.15) is 4.98 Å². The molecule has 1 atom stereocenters. The molecule has 7 heteroatoms. The van der Waals surface area contributed by atoms with Crippen molar-refractivity contribution in [2.45, 2.75) is 70.6 Å². The molecule has 188 valence electrons. The maximum Gasteiger partial charge on any atom is 0.224 e. The minimum absolute atomic E-state index is 0.168. The molecule has 0 radical (unpaired) electrons. The highest BCUT2D eigenvalue weighted by Gasteiger charge is 2.24.